The van der Waals surface area contributed by atoms with Crippen molar-refractivity contribution in [3.63, 3.8) is 0 Å². The molecule has 0 bridgehead atoms. The second-order valence-electron chi connectivity index (χ2n) is 26.1. The molecule has 1 rings (SSSR count). The molecule has 1 saturated heterocycles. The maximum Gasteiger partial charge on any atom is 0.220 e. The van der Waals surface area contributed by atoms with Crippen molar-refractivity contribution in [2.75, 3.05) is 13.2 Å². The molecule has 0 aliphatic carbocycles. The Labute approximate surface area is 572 Å². The molecule has 0 radical (unpaired) electrons. The number of carbonyl (C=O) groups excluding carboxylic acids is 1. The van der Waals surface area contributed by atoms with Crippen molar-refractivity contribution in [2.24, 2.45) is 0 Å². The van der Waals surface area contributed by atoms with Crippen LogP contribution in [0.4, 0.5) is 0 Å². The molecule has 7 atom stereocenters. The first-order chi connectivity index (χ1) is 45.8. The number of ether oxygens (including phenoxy) is 2. The van der Waals surface area contributed by atoms with Gasteiger partial charge in [-0.3, -0.25) is 4.79 Å². The number of carbonyl (C=O) groups is 1. The number of allylic oxidation sites excluding steroid dienone is 23. The third-order valence-corrected chi connectivity index (χ3v) is 17.4. The lowest BCUT2D eigenvalue weighted by Gasteiger charge is -2.40. The molecule has 1 heterocycles. The predicted octanol–water partition coefficient (Wildman–Crippen LogP) is 22.1. The standard InChI is InChI=1S/C84H143NO8/c1-3-5-7-9-11-13-15-17-19-21-23-25-27-29-31-33-35-37-38-39-40-42-44-46-48-50-52-54-56-58-60-62-64-66-68-70-72-74-80(88)85-77(76-92-84-83(91)82(90)81(89)79(75-86)93-84)78(87)73-71-69-67-65-63-61-59-57-55-53-51-49-47-45-43-41-36-34-32-30-28-26-24-22-20-18-16-14-12-10-8-6-4-2/h5,7,11,13,17,19,23,25,29,31,35,37,39-40,44,46,50,52,56,58,62,64,71,73,77-79,81-84,86-87,89-91H,3-4,6,8-10,12,14-16,18,20-22,24,26-28,30,32-34,36,38,41-43,45,47-49,51,53-55,57,59-61,63,65-70,72,74-76H2,1-2H3,(H,85,88)/b7-5-,13-11-,19-17-,25-23-,31-29-,37-35-,40-39-,46-44-,52-50-,58-56-,64-62-,73-71+. The minimum Gasteiger partial charge on any atom is -0.394 e. The van der Waals surface area contributed by atoms with Gasteiger partial charge < -0.3 is 40.3 Å². The molecule has 9 heteroatoms. The lowest BCUT2D eigenvalue weighted by molar-refractivity contribution is -0.302. The normalized spacial score (nSPS) is 18.5. The van der Waals surface area contributed by atoms with E-state index in [0.29, 0.717) is 12.8 Å². The minimum absolute atomic E-state index is 0.210. The maximum atomic E-state index is 13.1. The first-order valence-corrected chi connectivity index (χ1v) is 38.6. The van der Waals surface area contributed by atoms with Crippen molar-refractivity contribution in [2.45, 2.75) is 365 Å². The van der Waals surface area contributed by atoms with Crippen molar-refractivity contribution in [3.05, 3.63) is 146 Å². The molecule has 9 nitrogen and oxygen atoms in total. The molecule has 1 fully saturated rings. The monoisotopic (exact) mass is 1290 g/mol. The van der Waals surface area contributed by atoms with Crippen LogP contribution in [0.15, 0.2) is 146 Å². The van der Waals surface area contributed by atoms with Gasteiger partial charge in [-0.15, -0.1) is 0 Å². The Hall–Kier alpha value is -3.93. The summed E-state index contributed by atoms with van der Waals surface area (Å²) in [4.78, 5) is 13.1. The topological polar surface area (TPSA) is 149 Å². The summed E-state index contributed by atoms with van der Waals surface area (Å²) >= 11 is 0. The molecule has 1 aliphatic heterocycles. The summed E-state index contributed by atoms with van der Waals surface area (Å²) in [5.41, 5.74) is 0. The molecule has 532 valence electrons. The van der Waals surface area contributed by atoms with Crippen LogP contribution in [-0.4, -0.2) is 87.5 Å². The van der Waals surface area contributed by atoms with Gasteiger partial charge in [0.25, 0.3) is 0 Å². The summed E-state index contributed by atoms with van der Waals surface area (Å²) in [6, 6.07) is -0.837. The highest BCUT2D eigenvalue weighted by Crippen LogP contribution is 2.23. The molecule has 1 amide bonds. The zero-order valence-corrected chi connectivity index (χ0v) is 59.7. The first kappa shape index (κ1) is 87.1. The molecule has 0 spiro atoms. The van der Waals surface area contributed by atoms with E-state index in [0.717, 1.165) is 109 Å². The van der Waals surface area contributed by atoms with Crippen LogP contribution in [0.25, 0.3) is 0 Å². The highest BCUT2D eigenvalue weighted by Gasteiger charge is 2.44. The molecule has 0 saturated carbocycles. The van der Waals surface area contributed by atoms with Gasteiger partial charge >= 0.3 is 0 Å². The van der Waals surface area contributed by atoms with Crippen molar-refractivity contribution in [1.29, 1.82) is 0 Å². The van der Waals surface area contributed by atoms with Crippen LogP contribution in [0.3, 0.4) is 0 Å². The van der Waals surface area contributed by atoms with Gasteiger partial charge in [-0.2, -0.15) is 0 Å². The summed E-state index contributed by atoms with van der Waals surface area (Å²) in [7, 11) is 0. The third-order valence-electron chi connectivity index (χ3n) is 17.4. The van der Waals surface area contributed by atoms with E-state index in [1.54, 1.807) is 6.08 Å². The van der Waals surface area contributed by atoms with Crippen molar-refractivity contribution in [1.82, 2.24) is 5.32 Å². The van der Waals surface area contributed by atoms with Gasteiger partial charge in [-0.25, -0.2) is 0 Å². The van der Waals surface area contributed by atoms with Crippen LogP contribution in [0, 0.1) is 0 Å². The van der Waals surface area contributed by atoms with Crippen LogP contribution in [-0.2, 0) is 14.3 Å². The van der Waals surface area contributed by atoms with Gasteiger partial charge in [0.15, 0.2) is 6.29 Å². The fourth-order valence-corrected chi connectivity index (χ4v) is 11.5. The van der Waals surface area contributed by atoms with Crippen molar-refractivity contribution < 1.29 is 39.8 Å². The van der Waals surface area contributed by atoms with Crippen LogP contribution in [0.5, 0.6) is 0 Å². The average Bonchev–Trinajstić information content (AvgIpc) is 1.01. The average molecular weight is 1300 g/mol. The second-order valence-corrected chi connectivity index (χ2v) is 26.1. The SMILES string of the molecule is CC/C=C\C/C=C\C/C=C\C/C=C\C/C=C\C/C=C\C/C=C\C/C=C\C/C=C\C/C=C\C/C=C\CCCCCC(=O)NC(COC1OC(CO)C(O)C(O)C1O)C(O)/C=C/CCCCCCCCCCCCCCCCCCCCCCCCCCCCCCCCC. The predicted molar refractivity (Wildman–Crippen MR) is 400 cm³/mol. The largest absolute Gasteiger partial charge is 0.394 e. The molecular formula is C84H143NO8. The minimum atomic E-state index is -1.58. The van der Waals surface area contributed by atoms with Gasteiger partial charge in [0.05, 0.1) is 25.4 Å². The molecule has 6 N–H and O–H groups in total. The zero-order chi connectivity index (χ0) is 67.1. The summed E-state index contributed by atoms with van der Waals surface area (Å²) in [6.45, 7) is 3.67. The van der Waals surface area contributed by atoms with E-state index >= 15 is 0 Å². The fourth-order valence-electron chi connectivity index (χ4n) is 11.5. The Morgan fingerprint density at radius 2 is 0.667 bits per heavy atom. The molecule has 0 aromatic carbocycles. The van der Waals surface area contributed by atoms with E-state index in [4.69, 9.17) is 9.47 Å². The maximum absolute atomic E-state index is 13.1. The number of aliphatic hydroxyl groups is 5. The number of amides is 1. The number of unbranched alkanes of at least 4 members (excludes halogenated alkanes) is 34. The van der Waals surface area contributed by atoms with E-state index in [1.807, 2.05) is 6.08 Å². The highest BCUT2D eigenvalue weighted by atomic mass is 16.7. The van der Waals surface area contributed by atoms with Gasteiger partial charge in [0, 0.05) is 6.42 Å². The van der Waals surface area contributed by atoms with E-state index in [9.17, 15) is 30.3 Å². The van der Waals surface area contributed by atoms with Crippen LogP contribution < -0.4 is 5.32 Å². The number of aliphatic hydroxyl groups excluding tert-OH is 5. The Balaban J connectivity index is 2.17. The summed E-state index contributed by atoms with van der Waals surface area (Å²) in [5, 5.41) is 54.8. The molecule has 0 aromatic rings. The number of nitrogens with one attached hydrogen (secondary N) is 1. The van der Waals surface area contributed by atoms with E-state index in [1.165, 1.54) is 186 Å². The van der Waals surface area contributed by atoms with Crippen LogP contribution in [0.1, 0.15) is 322 Å². The molecule has 7 unspecified atom stereocenters. The summed E-state index contributed by atoms with van der Waals surface area (Å²) in [6.07, 6.45) is 103. The van der Waals surface area contributed by atoms with E-state index in [2.05, 4.69) is 153 Å². The Bertz CT molecular complexity index is 1990. The van der Waals surface area contributed by atoms with Gasteiger partial charge in [0.1, 0.15) is 24.4 Å². The van der Waals surface area contributed by atoms with Crippen molar-refractivity contribution >= 4 is 5.91 Å². The lowest BCUT2D eigenvalue weighted by Crippen LogP contribution is -2.60. The first-order valence-electron chi connectivity index (χ1n) is 38.6. The quantitative estimate of drug-likeness (QED) is 0.0261. The number of hydrogen-bond donors (Lipinski definition) is 6. The highest BCUT2D eigenvalue weighted by molar-refractivity contribution is 5.76. The van der Waals surface area contributed by atoms with Gasteiger partial charge in [-0.05, 0) is 103 Å². The van der Waals surface area contributed by atoms with E-state index in [-0.39, 0.29) is 12.5 Å². The van der Waals surface area contributed by atoms with Crippen LogP contribution >= 0.6 is 0 Å². The smallest absolute Gasteiger partial charge is 0.220 e. The summed E-state index contributed by atoms with van der Waals surface area (Å²) in [5.74, 6) is -0.211. The molecular weight excluding hydrogens is 1150 g/mol. The fraction of sp³-hybridized carbons (Fsp3) is 0.702. The third kappa shape index (κ3) is 59.1. The van der Waals surface area contributed by atoms with Gasteiger partial charge in [-0.1, -0.05) is 359 Å². The number of hydrogen-bond acceptors (Lipinski definition) is 8. The van der Waals surface area contributed by atoms with Crippen LogP contribution in [0.2, 0.25) is 0 Å². The Morgan fingerprint density at radius 1 is 0.376 bits per heavy atom. The molecule has 1 aliphatic rings. The Morgan fingerprint density at radius 3 is 0.989 bits per heavy atom. The second kappa shape index (κ2) is 70.9. The summed E-state index contributed by atoms with van der Waals surface area (Å²) < 4.78 is 11.3. The van der Waals surface area contributed by atoms with E-state index < -0.39 is 49.5 Å². The lowest BCUT2D eigenvalue weighted by atomic mass is 9.99. The molecule has 93 heavy (non-hydrogen) atoms. The number of rotatable bonds is 66. The molecule has 0 aromatic heterocycles. The Kier molecular flexibility index (Phi) is 66.3. The van der Waals surface area contributed by atoms with Gasteiger partial charge in [0.2, 0.25) is 5.91 Å². The van der Waals surface area contributed by atoms with Crippen molar-refractivity contribution in [3.8, 4) is 0 Å². The zero-order valence-electron chi connectivity index (χ0n) is 59.7.